The quantitative estimate of drug-likeness (QED) is 0.912. The highest BCUT2D eigenvalue weighted by Crippen LogP contribution is 2.30. The van der Waals surface area contributed by atoms with E-state index in [4.69, 9.17) is 5.73 Å². The summed E-state index contributed by atoms with van der Waals surface area (Å²) in [5, 5.41) is 1.16. The van der Waals surface area contributed by atoms with Gasteiger partial charge in [0.05, 0.1) is 0 Å². The van der Waals surface area contributed by atoms with Gasteiger partial charge in [0, 0.05) is 30.2 Å². The van der Waals surface area contributed by atoms with Crippen LogP contribution < -0.4 is 10.6 Å². The molecular formula is C14H25N3S. The van der Waals surface area contributed by atoms with Gasteiger partial charge in [-0.05, 0) is 38.0 Å². The number of nitrogens with zero attached hydrogens (tertiary/aromatic N) is 2. The minimum Gasteiger partial charge on any atom is -0.348 e. The Balaban J connectivity index is 2.00. The van der Waals surface area contributed by atoms with Gasteiger partial charge in [0.15, 0.2) is 5.13 Å². The molecule has 1 aliphatic heterocycles. The summed E-state index contributed by atoms with van der Waals surface area (Å²) in [5.41, 5.74) is 5.90. The van der Waals surface area contributed by atoms with Crippen LogP contribution in [0.15, 0.2) is 6.20 Å². The van der Waals surface area contributed by atoms with Gasteiger partial charge in [0.25, 0.3) is 0 Å². The molecule has 0 bridgehead atoms. The highest BCUT2D eigenvalue weighted by atomic mass is 32.1. The Kier molecular flexibility index (Phi) is 4.62. The lowest BCUT2D eigenvalue weighted by Crippen LogP contribution is -2.24. The van der Waals surface area contributed by atoms with Gasteiger partial charge in [0.2, 0.25) is 0 Å². The fourth-order valence-corrected chi connectivity index (χ4v) is 3.53. The van der Waals surface area contributed by atoms with Crippen molar-refractivity contribution >= 4 is 16.5 Å². The molecule has 0 radical (unpaired) electrons. The summed E-state index contributed by atoms with van der Waals surface area (Å²) < 4.78 is 0. The van der Waals surface area contributed by atoms with E-state index < -0.39 is 0 Å². The predicted molar refractivity (Wildman–Crippen MR) is 79.1 cm³/mol. The fraction of sp³-hybridized carbons (Fsp3) is 0.786. The average molecular weight is 267 g/mol. The molecule has 2 heterocycles. The topological polar surface area (TPSA) is 42.1 Å². The Morgan fingerprint density at radius 1 is 1.33 bits per heavy atom. The van der Waals surface area contributed by atoms with Gasteiger partial charge < -0.3 is 10.6 Å². The van der Waals surface area contributed by atoms with Gasteiger partial charge in [-0.15, -0.1) is 11.3 Å². The summed E-state index contributed by atoms with van der Waals surface area (Å²) in [4.78, 5) is 8.17. The molecule has 18 heavy (non-hydrogen) atoms. The van der Waals surface area contributed by atoms with Crippen molar-refractivity contribution in [2.45, 2.75) is 46.1 Å². The number of hydrogen-bond donors (Lipinski definition) is 1. The zero-order valence-electron chi connectivity index (χ0n) is 11.7. The largest absolute Gasteiger partial charge is 0.348 e. The number of aromatic nitrogens is 1. The second-order valence-corrected chi connectivity index (χ2v) is 6.80. The molecule has 0 aliphatic carbocycles. The van der Waals surface area contributed by atoms with Crippen molar-refractivity contribution in [1.29, 1.82) is 0 Å². The first-order valence-corrected chi connectivity index (χ1v) is 7.86. The number of thiazole rings is 1. The van der Waals surface area contributed by atoms with Gasteiger partial charge in [-0.25, -0.2) is 4.98 Å². The van der Waals surface area contributed by atoms with Crippen LogP contribution in [-0.2, 0) is 0 Å². The maximum Gasteiger partial charge on any atom is 0.185 e. The van der Waals surface area contributed by atoms with E-state index in [2.05, 4.69) is 23.7 Å². The van der Waals surface area contributed by atoms with Crippen molar-refractivity contribution in [2.75, 3.05) is 18.0 Å². The lowest BCUT2D eigenvalue weighted by Gasteiger charge is -2.20. The summed E-state index contributed by atoms with van der Waals surface area (Å²) in [7, 11) is 0. The van der Waals surface area contributed by atoms with Crippen molar-refractivity contribution in [2.24, 2.45) is 17.6 Å². The summed E-state index contributed by atoms with van der Waals surface area (Å²) in [6.45, 7) is 9.01. The second kappa shape index (κ2) is 6.02. The number of nitrogens with two attached hydrogens (primary N) is 1. The second-order valence-electron chi connectivity index (χ2n) is 5.76. The van der Waals surface area contributed by atoms with Gasteiger partial charge >= 0.3 is 0 Å². The first kappa shape index (κ1) is 13.8. The van der Waals surface area contributed by atoms with Crippen LogP contribution in [0.3, 0.4) is 0 Å². The van der Waals surface area contributed by atoms with E-state index in [0.29, 0.717) is 0 Å². The standard InChI is InChI=1S/C14H25N3S/c1-10(2)12-5-4-7-17(8-6-12)14-16-9-13(18-14)11(3)15/h9-12H,4-8,15H2,1-3H3. The molecule has 2 rings (SSSR count). The average Bonchev–Trinajstić information content (AvgIpc) is 2.67. The molecule has 0 spiro atoms. The highest BCUT2D eigenvalue weighted by Gasteiger charge is 2.21. The smallest absolute Gasteiger partial charge is 0.185 e. The normalized spacial score (nSPS) is 23.2. The highest BCUT2D eigenvalue weighted by molar-refractivity contribution is 7.15. The van der Waals surface area contributed by atoms with Crippen molar-refractivity contribution < 1.29 is 0 Å². The van der Waals surface area contributed by atoms with E-state index in [1.54, 1.807) is 11.3 Å². The molecular weight excluding hydrogens is 242 g/mol. The minimum atomic E-state index is 0.103. The molecule has 1 aromatic rings. The molecule has 2 atom stereocenters. The molecule has 102 valence electrons. The SMILES string of the molecule is CC(N)c1cnc(N2CCCC(C(C)C)CC2)s1. The predicted octanol–water partition coefficient (Wildman–Crippen LogP) is 3.43. The molecule has 1 saturated heterocycles. The summed E-state index contributed by atoms with van der Waals surface area (Å²) in [5.74, 6) is 1.68. The molecule has 1 fully saturated rings. The monoisotopic (exact) mass is 267 g/mol. The molecule has 0 aromatic carbocycles. The maximum absolute atomic E-state index is 5.90. The lowest BCUT2D eigenvalue weighted by molar-refractivity contribution is 0.351. The zero-order chi connectivity index (χ0) is 13.1. The van der Waals surface area contributed by atoms with Crippen LogP contribution in [0, 0.1) is 11.8 Å². The minimum absolute atomic E-state index is 0.103. The summed E-state index contributed by atoms with van der Waals surface area (Å²) >= 11 is 1.76. The molecule has 0 saturated carbocycles. The summed E-state index contributed by atoms with van der Waals surface area (Å²) in [6.07, 6.45) is 5.88. The maximum atomic E-state index is 5.90. The molecule has 1 aliphatic rings. The van der Waals surface area contributed by atoms with Crippen molar-refractivity contribution in [1.82, 2.24) is 4.98 Å². The molecule has 1 aromatic heterocycles. The van der Waals surface area contributed by atoms with E-state index in [1.807, 2.05) is 13.1 Å². The molecule has 2 unspecified atom stereocenters. The third-order valence-electron chi connectivity index (χ3n) is 3.95. The molecule has 3 nitrogen and oxygen atoms in total. The lowest BCUT2D eigenvalue weighted by atomic mass is 9.89. The van der Waals surface area contributed by atoms with E-state index >= 15 is 0 Å². The van der Waals surface area contributed by atoms with Gasteiger partial charge in [0.1, 0.15) is 0 Å². The zero-order valence-corrected chi connectivity index (χ0v) is 12.5. The van der Waals surface area contributed by atoms with Crippen LogP contribution >= 0.6 is 11.3 Å². The van der Waals surface area contributed by atoms with Crippen LogP contribution in [0.1, 0.15) is 51.0 Å². The van der Waals surface area contributed by atoms with Crippen LogP contribution in [0.4, 0.5) is 5.13 Å². The van der Waals surface area contributed by atoms with Gasteiger partial charge in [-0.2, -0.15) is 0 Å². The first-order chi connectivity index (χ1) is 8.58. The van der Waals surface area contributed by atoms with Crippen molar-refractivity contribution in [3.8, 4) is 0 Å². The van der Waals surface area contributed by atoms with Crippen molar-refractivity contribution in [3.63, 3.8) is 0 Å². The van der Waals surface area contributed by atoms with E-state index in [0.717, 1.165) is 30.1 Å². The molecule has 2 N–H and O–H groups in total. The first-order valence-electron chi connectivity index (χ1n) is 7.04. The number of rotatable bonds is 3. The van der Waals surface area contributed by atoms with Crippen LogP contribution in [-0.4, -0.2) is 18.1 Å². The molecule has 0 amide bonds. The molecule has 4 heteroatoms. The Hall–Kier alpha value is -0.610. The Bertz CT molecular complexity index is 373. The number of anilines is 1. The Morgan fingerprint density at radius 3 is 2.72 bits per heavy atom. The van der Waals surface area contributed by atoms with Crippen LogP contribution in [0.5, 0.6) is 0 Å². The third-order valence-corrected chi connectivity index (χ3v) is 5.21. The van der Waals surface area contributed by atoms with Gasteiger partial charge in [-0.1, -0.05) is 13.8 Å². The van der Waals surface area contributed by atoms with Gasteiger partial charge in [-0.3, -0.25) is 0 Å². The fourth-order valence-electron chi connectivity index (χ4n) is 2.61. The van der Waals surface area contributed by atoms with E-state index in [1.165, 1.54) is 24.1 Å². The Morgan fingerprint density at radius 2 is 2.11 bits per heavy atom. The van der Waals surface area contributed by atoms with E-state index in [-0.39, 0.29) is 6.04 Å². The summed E-state index contributed by atoms with van der Waals surface area (Å²) in [6, 6.07) is 0.103. The van der Waals surface area contributed by atoms with Crippen molar-refractivity contribution in [3.05, 3.63) is 11.1 Å². The van der Waals surface area contributed by atoms with Crippen LogP contribution in [0.25, 0.3) is 0 Å². The Labute approximate surface area is 114 Å². The van der Waals surface area contributed by atoms with E-state index in [9.17, 15) is 0 Å². The number of hydrogen-bond acceptors (Lipinski definition) is 4. The van der Waals surface area contributed by atoms with Crippen LogP contribution in [0.2, 0.25) is 0 Å². The third kappa shape index (κ3) is 3.23.